The first-order valence-corrected chi connectivity index (χ1v) is 4.91. The Morgan fingerprint density at radius 3 is 2.92 bits per heavy atom. The minimum Gasteiger partial charge on any atom is -0.298 e. The van der Waals surface area contributed by atoms with Gasteiger partial charge in [0.1, 0.15) is 0 Å². The molecular weight excluding hydrogens is 160 g/mol. The molecule has 2 rings (SSSR count). The first kappa shape index (κ1) is 8.70. The number of rotatable bonds is 1. The summed E-state index contributed by atoms with van der Waals surface area (Å²) in [5, 5.41) is 0. The van der Waals surface area contributed by atoms with Crippen molar-refractivity contribution in [3.05, 3.63) is 29.6 Å². The van der Waals surface area contributed by atoms with Crippen molar-refractivity contribution in [2.75, 3.05) is 13.6 Å². The van der Waals surface area contributed by atoms with E-state index >= 15 is 0 Å². The molecular formula is C11H16N2. The minimum absolute atomic E-state index is 0.555. The van der Waals surface area contributed by atoms with Gasteiger partial charge in [0.2, 0.25) is 0 Å². The molecule has 70 valence electrons. The summed E-state index contributed by atoms with van der Waals surface area (Å²) in [5.74, 6) is 0. The van der Waals surface area contributed by atoms with Crippen LogP contribution < -0.4 is 0 Å². The number of likely N-dealkylation sites (tertiary alicyclic amines) is 1. The van der Waals surface area contributed by atoms with E-state index in [1.54, 1.807) is 0 Å². The summed E-state index contributed by atoms with van der Waals surface area (Å²) in [6, 6.07) is 6.85. The second kappa shape index (κ2) is 3.46. The molecule has 13 heavy (non-hydrogen) atoms. The van der Waals surface area contributed by atoms with Crippen LogP contribution in [0.25, 0.3) is 0 Å². The summed E-state index contributed by atoms with van der Waals surface area (Å²) in [7, 11) is 2.18. The van der Waals surface area contributed by atoms with E-state index in [0.29, 0.717) is 6.04 Å². The average Bonchev–Trinajstić information content (AvgIpc) is 2.51. The summed E-state index contributed by atoms with van der Waals surface area (Å²) in [6.45, 7) is 3.26. The number of aromatic nitrogens is 1. The van der Waals surface area contributed by atoms with Gasteiger partial charge in [0.15, 0.2) is 0 Å². The average molecular weight is 176 g/mol. The molecule has 2 heterocycles. The molecule has 1 aromatic rings. The van der Waals surface area contributed by atoms with E-state index in [2.05, 4.69) is 42.1 Å². The van der Waals surface area contributed by atoms with Gasteiger partial charge in [-0.3, -0.25) is 9.88 Å². The first-order valence-electron chi connectivity index (χ1n) is 4.91. The second-order valence-electron chi connectivity index (χ2n) is 3.84. The zero-order valence-corrected chi connectivity index (χ0v) is 8.33. The summed E-state index contributed by atoms with van der Waals surface area (Å²) >= 11 is 0. The molecule has 0 aromatic carbocycles. The van der Waals surface area contributed by atoms with E-state index < -0.39 is 0 Å². The van der Waals surface area contributed by atoms with Crippen LogP contribution in [0.5, 0.6) is 0 Å². The van der Waals surface area contributed by atoms with Crippen molar-refractivity contribution in [3.8, 4) is 0 Å². The molecule has 0 radical (unpaired) electrons. The Morgan fingerprint density at radius 1 is 1.46 bits per heavy atom. The molecule has 1 atom stereocenters. The molecule has 1 aliphatic rings. The van der Waals surface area contributed by atoms with E-state index in [4.69, 9.17) is 0 Å². The fourth-order valence-corrected chi connectivity index (χ4v) is 2.03. The fraction of sp³-hybridized carbons (Fsp3) is 0.545. The highest BCUT2D eigenvalue weighted by Gasteiger charge is 2.23. The Morgan fingerprint density at radius 2 is 2.31 bits per heavy atom. The maximum atomic E-state index is 4.56. The highest BCUT2D eigenvalue weighted by molar-refractivity contribution is 5.14. The SMILES string of the molecule is Cc1cccc([C@@H]2CCCN2C)n1. The topological polar surface area (TPSA) is 16.1 Å². The molecule has 0 spiro atoms. The minimum atomic E-state index is 0.555. The Labute approximate surface area is 79.6 Å². The first-order chi connectivity index (χ1) is 6.27. The van der Waals surface area contributed by atoms with Crippen LogP contribution in [0.1, 0.15) is 30.3 Å². The van der Waals surface area contributed by atoms with Crippen molar-refractivity contribution in [1.82, 2.24) is 9.88 Å². The molecule has 1 aromatic heterocycles. The third kappa shape index (κ3) is 1.73. The van der Waals surface area contributed by atoms with Crippen LogP contribution >= 0.6 is 0 Å². The molecule has 0 aliphatic carbocycles. The van der Waals surface area contributed by atoms with Crippen LogP contribution in [0.4, 0.5) is 0 Å². The largest absolute Gasteiger partial charge is 0.298 e. The predicted molar refractivity (Wildman–Crippen MR) is 53.6 cm³/mol. The van der Waals surface area contributed by atoms with Gasteiger partial charge < -0.3 is 0 Å². The molecule has 1 saturated heterocycles. The number of hydrogen-bond donors (Lipinski definition) is 0. The van der Waals surface area contributed by atoms with Gasteiger partial charge >= 0.3 is 0 Å². The van der Waals surface area contributed by atoms with Gasteiger partial charge in [-0.15, -0.1) is 0 Å². The van der Waals surface area contributed by atoms with E-state index in [0.717, 1.165) is 5.69 Å². The standard InChI is InChI=1S/C11H16N2/c1-9-5-3-6-10(12-9)11-7-4-8-13(11)2/h3,5-6,11H,4,7-8H2,1-2H3/t11-/m0/s1. The Hall–Kier alpha value is -0.890. The van der Waals surface area contributed by atoms with Crippen LogP contribution in [0.3, 0.4) is 0 Å². The molecule has 0 saturated carbocycles. The van der Waals surface area contributed by atoms with Crippen LogP contribution in [-0.2, 0) is 0 Å². The van der Waals surface area contributed by atoms with Gasteiger partial charge in [0, 0.05) is 5.69 Å². The van der Waals surface area contributed by atoms with Crippen molar-refractivity contribution in [3.63, 3.8) is 0 Å². The van der Waals surface area contributed by atoms with Crippen LogP contribution in [0.15, 0.2) is 18.2 Å². The lowest BCUT2D eigenvalue weighted by Crippen LogP contribution is -2.18. The maximum Gasteiger partial charge on any atom is 0.0578 e. The van der Waals surface area contributed by atoms with Crippen molar-refractivity contribution < 1.29 is 0 Å². The van der Waals surface area contributed by atoms with Crippen molar-refractivity contribution in [1.29, 1.82) is 0 Å². The monoisotopic (exact) mass is 176 g/mol. The summed E-state index contributed by atoms with van der Waals surface area (Å²) in [6.07, 6.45) is 2.56. The van der Waals surface area contributed by atoms with Gasteiger partial charge in [-0.05, 0) is 45.5 Å². The number of hydrogen-bond acceptors (Lipinski definition) is 2. The van der Waals surface area contributed by atoms with Gasteiger partial charge in [-0.1, -0.05) is 6.07 Å². The van der Waals surface area contributed by atoms with Gasteiger partial charge in [0.05, 0.1) is 11.7 Å². The highest BCUT2D eigenvalue weighted by Crippen LogP contribution is 2.28. The maximum absolute atomic E-state index is 4.56. The van der Waals surface area contributed by atoms with Crippen LogP contribution in [-0.4, -0.2) is 23.5 Å². The molecule has 1 aliphatic heterocycles. The molecule has 2 heteroatoms. The van der Waals surface area contributed by atoms with E-state index in [1.165, 1.54) is 25.1 Å². The third-order valence-corrected chi connectivity index (χ3v) is 2.77. The van der Waals surface area contributed by atoms with Crippen molar-refractivity contribution >= 4 is 0 Å². The lowest BCUT2D eigenvalue weighted by Gasteiger charge is -2.18. The van der Waals surface area contributed by atoms with Crippen LogP contribution in [0, 0.1) is 6.92 Å². The Bertz CT molecular complexity index is 296. The summed E-state index contributed by atoms with van der Waals surface area (Å²) in [4.78, 5) is 6.95. The van der Waals surface area contributed by atoms with Crippen molar-refractivity contribution in [2.45, 2.75) is 25.8 Å². The number of pyridine rings is 1. The Balaban J connectivity index is 2.24. The van der Waals surface area contributed by atoms with E-state index in [9.17, 15) is 0 Å². The molecule has 0 N–H and O–H groups in total. The van der Waals surface area contributed by atoms with Gasteiger partial charge in [-0.25, -0.2) is 0 Å². The smallest absolute Gasteiger partial charge is 0.0578 e. The normalized spacial score (nSPS) is 23.7. The quantitative estimate of drug-likeness (QED) is 0.652. The summed E-state index contributed by atoms with van der Waals surface area (Å²) < 4.78 is 0. The van der Waals surface area contributed by atoms with Crippen LogP contribution in [0.2, 0.25) is 0 Å². The van der Waals surface area contributed by atoms with Gasteiger partial charge in [0.25, 0.3) is 0 Å². The lowest BCUT2D eigenvalue weighted by molar-refractivity contribution is 0.311. The zero-order chi connectivity index (χ0) is 9.26. The van der Waals surface area contributed by atoms with E-state index in [1.807, 2.05) is 0 Å². The fourth-order valence-electron chi connectivity index (χ4n) is 2.03. The number of nitrogens with zero attached hydrogens (tertiary/aromatic N) is 2. The Kier molecular flexibility index (Phi) is 2.32. The zero-order valence-electron chi connectivity index (χ0n) is 8.33. The highest BCUT2D eigenvalue weighted by atomic mass is 15.2. The molecule has 0 amide bonds. The van der Waals surface area contributed by atoms with Crippen molar-refractivity contribution in [2.24, 2.45) is 0 Å². The molecule has 1 fully saturated rings. The third-order valence-electron chi connectivity index (χ3n) is 2.77. The van der Waals surface area contributed by atoms with Gasteiger partial charge in [-0.2, -0.15) is 0 Å². The second-order valence-corrected chi connectivity index (χ2v) is 3.84. The predicted octanol–water partition coefficient (Wildman–Crippen LogP) is 2.16. The van der Waals surface area contributed by atoms with E-state index in [-0.39, 0.29) is 0 Å². The molecule has 2 nitrogen and oxygen atoms in total. The summed E-state index contributed by atoms with van der Waals surface area (Å²) in [5.41, 5.74) is 2.36. The molecule has 0 unspecified atom stereocenters. The number of aryl methyl sites for hydroxylation is 1. The molecule has 0 bridgehead atoms. The lowest BCUT2D eigenvalue weighted by atomic mass is 10.1.